The Morgan fingerprint density at radius 1 is 1.10 bits per heavy atom. The Balaban J connectivity index is 1.75. The molecule has 21 heavy (non-hydrogen) atoms. The molecule has 3 rings (SSSR count). The molecular weight excluding hydrogens is 331 g/mol. The van der Waals surface area contributed by atoms with Gasteiger partial charge in [-0.15, -0.1) is 0 Å². The first-order chi connectivity index (χ1) is 10.1. The van der Waals surface area contributed by atoms with Crippen LogP contribution in [-0.2, 0) is 13.1 Å². The zero-order chi connectivity index (χ0) is 14.8. The van der Waals surface area contributed by atoms with E-state index in [1.54, 1.807) is 6.07 Å². The molecule has 2 N–H and O–H groups in total. The predicted molar refractivity (Wildman–Crippen MR) is 87.2 cm³/mol. The van der Waals surface area contributed by atoms with E-state index >= 15 is 0 Å². The zero-order valence-electron chi connectivity index (χ0n) is 11.7. The maximum atomic E-state index is 13.5. The topological polar surface area (TPSA) is 29.3 Å². The molecule has 0 aromatic heterocycles. The van der Waals surface area contributed by atoms with Gasteiger partial charge in [0.05, 0.1) is 0 Å². The summed E-state index contributed by atoms with van der Waals surface area (Å²) in [5, 5.41) is 0. The largest absolute Gasteiger partial charge is 0.399 e. The number of nitrogens with two attached hydrogens (primary N) is 1. The third kappa shape index (κ3) is 4.05. The third-order valence-electron chi connectivity index (χ3n) is 3.71. The van der Waals surface area contributed by atoms with E-state index in [1.807, 2.05) is 24.3 Å². The van der Waals surface area contributed by atoms with Gasteiger partial charge in [0.1, 0.15) is 5.82 Å². The monoisotopic (exact) mass is 348 g/mol. The minimum atomic E-state index is -0.195. The summed E-state index contributed by atoms with van der Waals surface area (Å²) in [6.07, 6.45) is 2.44. The average Bonchev–Trinajstić information content (AvgIpc) is 3.21. The molecule has 0 saturated heterocycles. The molecule has 0 spiro atoms. The maximum absolute atomic E-state index is 13.5. The molecule has 1 saturated carbocycles. The Morgan fingerprint density at radius 2 is 1.86 bits per heavy atom. The number of halogens is 2. The van der Waals surface area contributed by atoms with Gasteiger partial charge in [-0.05, 0) is 54.3 Å². The normalized spacial score (nSPS) is 14.6. The second-order valence-corrected chi connectivity index (χ2v) is 6.57. The summed E-state index contributed by atoms with van der Waals surface area (Å²) >= 11 is 3.36. The summed E-state index contributed by atoms with van der Waals surface area (Å²) in [7, 11) is 0. The second-order valence-electron chi connectivity index (χ2n) is 5.66. The van der Waals surface area contributed by atoms with E-state index in [1.165, 1.54) is 24.5 Å². The van der Waals surface area contributed by atoms with Gasteiger partial charge in [0.25, 0.3) is 0 Å². The summed E-state index contributed by atoms with van der Waals surface area (Å²) < 4.78 is 14.3. The fourth-order valence-electron chi connectivity index (χ4n) is 2.62. The van der Waals surface area contributed by atoms with Crippen LogP contribution in [0.4, 0.5) is 10.1 Å². The van der Waals surface area contributed by atoms with Crippen molar-refractivity contribution in [3.8, 4) is 0 Å². The Hall–Kier alpha value is -1.39. The van der Waals surface area contributed by atoms with Crippen molar-refractivity contribution in [2.75, 3.05) is 5.73 Å². The lowest BCUT2D eigenvalue weighted by atomic mass is 10.1. The first-order valence-electron chi connectivity index (χ1n) is 7.13. The Labute approximate surface area is 132 Å². The van der Waals surface area contributed by atoms with E-state index in [9.17, 15) is 4.39 Å². The van der Waals surface area contributed by atoms with Crippen LogP contribution >= 0.6 is 15.9 Å². The van der Waals surface area contributed by atoms with E-state index in [0.717, 1.165) is 28.8 Å². The SMILES string of the molecule is Nc1cccc(CN(Cc2cc(F)cc(Br)c2)C2CC2)c1. The third-order valence-corrected chi connectivity index (χ3v) is 4.17. The van der Waals surface area contributed by atoms with Crippen LogP contribution in [0, 0.1) is 5.82 Å². The molecule has 1 aliphatic rings. The Bertz CT molecular complexity index is 620. The Kier molecular flexibility index (Phi) is 4.27. The summed E-state index contributed by atoms with van der Waals surface area (Å²) in [6.45, 7) is 1.61. The summed E-state index contributed by atoms with van der Waals surface area (Å²) in [6, 6.07) is 13.7. The van der Waals surface area contributed by atoms with Crippen LogP contribution in [0.1, 0.15) is 24.0 Å². The van der Waals surface area contributed by atoms with E-state index in [0.29, 0.717) is 6.04 Å². The van der Waals surface area contributed by atoms with Crippen LogP contribution in [0.5, 0.6) is 0 Å². The minimum Gasteiger partial charge on any atom is -0.399 e. The first kappa shape index (κ1) is 14.5. The number of benzene rings is 2. The summed E-state index contributed by atoms with van der Waals surface area (Å²) in [5.41, 5.74) is 8.84. The van der Waals surface area contributed by atoms with Crippen molar-refractivity contribution < 1.29 is 4.39 Å². The maximum Gasteiger partial charge on any atom is 0.124 e. The molecule has 0 atom stereocenters. The lowest BCUT2D eigenvalue weighted by Crippen LogP contribution is -2.25. The van der Waals surface area contributed by atoms with Crippen molar-refractivity contribution in [3.63, 3.8) is 0 Å². The molecule has 1 fully saturated rings. The molecule has 4 heteroatoms. The smallest absolute Gasteiger partial charge is 0.124 e. The van der Waals surface area contributed by atoms with Crippen LogP contribution in [-0.4, -0.2) is 10.9 Å². The highest BCUT2D eigenvalue weighted by atomic mass is 79.9. The number of rotatable bonds is 5. The van der Waals surface area contributed by atoms with E-state index in [-0.39, 0.29) is 5.82 Å². The number of nitrogen functional groups attached to an aromatic ring is 1. The quantitative estimate of drug-likeness (QED) is 0.814. The lowest BCUT2D eigenvalue weighted by Gasteiger charge is -2.22. The highest BCUT2D eigenvalue weighted by Gasteiger charge is 2.29. The molecule has 0 radical (unpaired) electrons. The van der Waals surface area contributed by atoms with E-state index in [4.69, 9.17) is 5.73 Å². The van der Waals surface area contributed by atoms with Gasteiger partial charge < -0.3 is 5.73 Å². The van der Waals surface area contributed by atoms with Gasteiger partial charge in [-0.3, -0.25) is 4.90 Å². The number of hydrogen-bond acceptors (Lipinski definition) is 2. The van der Waals surface area contributed by atoms with E-state index < -0.39 is 0 Å². The molecule has 0 amide bonds. The van der Waals surface area contributed by atoms with Crippen LogP contribution < -0.4 is 5.73 Å². The van der Waals surface area contributed by atoms with Crippen molar-refractivity contribution in [2.24, 2.45) is 0 Å². The summed E-state index contributed by atoms with van der Waals surface area (Å²) in [5.74, 6) is -0.195. The molecule has 2 nitrogen and oxygen atoms in total. The fraction of sp³-hybridized carbons (Fsp3) is 0.294. The minimum absolute atomic E-state index is 0.195. The second kappa shape index (κ2) is 6.16. The molecule has 2 aromatic rings. The van der Waals surface area contributed by atoms with Crippen LogP contribution in [0.2, 0.25) is 0 Å². The van der Waals surface area contributed by atoms with Gasteiger partial charge in [0.15, 0.2) is 0 Å². The molecule has 0 heterocycles. The van der Waals surface area contributed by atoms with Crippen molar-refractivity contribution in [2.45, 2.75) is 32.0 Å². The Morgan fingerprint density at radius 3 is 2.52 bits per heavy atom. The standard InChI is InChI=1S/C17H18BrFN2/c18-14-6-13(7-15(19)9-14)11-21(17-4-5-17)10-12-2-1-3-16(20)8-12/h1-3,6-9,17H,4-5,10-11,20H2. The molecule has 2 aromatic carbocycles. The highest BCUT2D eigenvalue weighted by molar-refractivity contribution is 9.10. The predicted octanol–water partition coefficient (Wildman–Crippen LogP) is 4.34. The van der Waals surface area contributed by atoms with Gasteiger partial charge in [-0.1, -0.05) is 28.1 Å². The van der Waals surface area contributed by atoms with Gasteiger partial charge >= 0.3 is 0 Å². The van der Waals surface area contributed by atoms with Gasteiger partial charge in [-0.25, -0.2) is 4.39 Å². The number of hydrogen-bond donors (Lipinski definition) is 1. The summed E-state index contributed by atoms with van der Waals surface area (Å²) in [4.78, 5) is 2.40. The van der Waals surface area contributed by atoms with Gasteiger partial charge in [0, 0.05) is 29.3 Å². The molecule has 1 aliphatic carbocycles. The van der Waals surface area contributed by atoms with Crippen molar-refractivity contribution in [1.29, 1.82) is 0 Å². The lowest BCUT2D eigenvalue weighted by molar-refractivity contribution is 0.245. The number of anilines is 1. The number of nitrogens with zero attached hydrogens (tertiary/aromatic N) is 1. The van der Waals surface area contributed by atoms with Crippen LogP contribution in [0.25, 0.3) is 0 Å². The molecule has 0 aliphatic heterocycles. The highest BCUT2D eigenvalue weighted by Crippen LogP contribution is 2.30. The zero-order valence-corrected chi connectivity index (χ0v) is 13.3. The van der Waals surface area contributed by atoms with Gasteiger partial charge in [-0.2, -0.15) is 0 Å². The molecule has 0 bridgehead atoms. The van der Waals surface area contributed by atoms with Crippen molar-refractivity contribution >= 4 is 21.6 Å². The van der Waals surface area contributed by atoms with E-state index in [2.05, 4.69) is 26.9 Å². The molecule has 0 unspecified atom stereocenters. The van der Waals surface area contributed by atoms with Crippen LogP contribution in [0.15, 0.2) is 46.9 Å². The van der Waals surface area contributed by atoms with Crippen LogP contribution in [0.3, 0.4) is 0 Å². The van der Waals surface area contributed by atoms with Crippen molar-refractivity contribution in [3.05, 3.63) is 63.9 Å². The first-order valence-corrected chi connectivity index (χ1v) is 7.93. The molecular formula is C17H18BrFN2. The average molecular weight is 349 g/mol. The molecule has 110 valence electrons. The van der Waals surface area contributed by atoms with Gasteiger partial charge in [0.2, 0.25) is 0 Å². The fourth-order valence-corrected chi connectivity index (χ4v) is 3.13. The van der Waals surface area contributed by atoms with Crippen molar-refractivity contribution in [1.82, 2.24) is 4.90 Å².